The first-order valence-electron chi connectivity index (χ1n) is 8.05. The zero-order valence-electron chi connectivity index (χ0n) is 14.3. The molecule has 0 radical (unpaired) electrons. The van der Waals surface area contributed by atoms with Crippen LogP contribution in [0.5, 0.6) is 0 Å². The van der Waals surface area contributed by atoms with E-state index in [2.05, 4.69) is 15.4 Å². The molecule has 0 unspecified atom stereocenters. The number of carbonyl (C=O) groups excluding carboxylic acids is 1. The number of hydrogen-bond donors (Lipinski definition) is 1. The van der Waals surface area contributed by atoms with Gasteiger partial charge in [0.05, 0.1) is 24.7 Å². The van der Waals surface area contributed by atoms with Gasteiger partial charge in [-0.3, -0.25) is 4.79 Å². The molecule has 0 bridgehead atoms. The summed E-state index contributed by atoms with van der Waals surface area (Å²) in [7, 11) is 3.48. The molecule has 7 nitrogen and oxygen atoms in total. The van der Waals surface area contributed by atoms with E-state index in [0.717, 1.165) is 27.1 Å². The first kappa shape index (κ1) is 16.3. The van der Waals surface area contributed by atoms with Crippen LogP contribution in [-0.2, 0) is 6.54 Å². The fourth-order valence-electron chi connectivity index (χ4n) is 2.56. The van der Waals surface area contributed by atoms with Crippen LogP contribution in [0.3, 0.4) is 0 Å². The highest BCUT2D eigenvalue weighted by Crippen LogP contribution is 2.25. The minimum Gasteiger partial charge on any atom is -0.467 e. The summed E-state index contributed by atoms with van der Waals surface area (Å²) in [5.41, 5.74) is 2.31. The molecule has 1 amide bonds. The normalized spacial score (nSPS) is 11.0. The molecule has 1 aromatic carbocycles. The largest absolute Gasteiger partial charge is 0.467 e. The van der Waals surface area contributed by atoms with Gasteiger partial charge < -0.3 is 14.6 Å². The predicted molar refractivity (Wildman–Crippen MR) is 100 cm³/mol. The molecule has 4 rings (SSSR count). The Morgan fingerprint density at radius 3 is 2.92 bits per heavy atom. The molecule has 8 heteroatoms. The van der Waals surface area contributed by atoms with Gasteiger partial charge in [0.1, 0.15) is 5.76 Å². The van der Waals surface area contributed by atoms with Gasteiger partial charge in [-0.05, 0) is 24.3 Å². The van der Waals surface area contributed by atoms with E-state index >= 15 is 0 Å². The molecule has 0 spiro atoms. The molecule has 0 aliphatic rings. The molecule has 0 fully saturated rings. The zero-order chi connectivity index (χ0) is 18.1. The second-order valence-electron chi connectivity index (χ2n) is 5.97. The summed E-state index contributed by atoms with van der Waals surface area (Å²) in [6, 6.07) is 11.2. The number of hydrogen-bond acceptors (Lipinski definition) is 6. The fraction of sp³-hybridized carbons (Fsp3) is 0.167. The Morgan fingerprint density at radius 1 is 1.31 bits per heavy atom. The van der Waals surface area contributed by atoms with Crippen molar-refractivity contribution < 1.29 is 9.21 Å². The van der Waals surface area contributed by atoms with Gasteiger partial charge in [0.2, 0.25) is 10.1 Å². The number of nitrogens with one attached hydrogen (secondary N) is 1. The molecule has 3 aromatic heterocycles. The minimum atomic E-state index is -0.0320. The lowest BCUT2D eigenvalue weighted by Crippen LogP contribution is -2.21. The average Bonchev–Trinajstić information content (AvgIpc) is 3.35. The van der Waals surface area contributed by atoms with Gasteiger partial charge in [-0.25, -0.2) is 9.50 Å². The topological polar surface area (TPSA) is 75.7 Å². The second kappa shape index (κ2) is 6.64. The summed E-state index contributed by atoms with van der Waals surface area (Å²) < 4.78 is 7.04. The van der Waals surface area contributed by atoms with E-state index in [1.807, 2.05) is 36.5 Å². The molecule has 26 heavy (non-hydrogen) atoms. The van der Waals surface area contributed by atoms with Gasteiger partial charge in [0, 0.05) is 25.2 Å². The summed E-state index contributed by atoms with van der Waals surface area (Å²) in [5.74, 6) is 0.816. The fourth-order valence-corrected chi connectivity index (χ4v) is 3.33. The lowest BCUT2D eigenvalue weighted by molar-refractivity contribution is 0.0827. The van der Waals surface area contributed by atoms with Crippen molar-refractivity contribution in [2.45, 2.75) is 6.54 Å². The lowest BCUT2D eigenvalue weighted by atomic mass is 10.1. The molecular weight excluding hydrogens is 350 g/mol. The molecule has 132 valence electrons. The van der Waals surface area contributed by atoms with Crippen LogP contribution in [0.25, 0.3) is 16.2 Å². The van der Waals surface area contributed by atoms with Crippen LogP contribution >= 0.6 is 11.3 Å². The van der Waals surface area contributed by atoms with E-state index < -0.39 is 0 Å². The standard InChI is InChI=1S/C18H17N5O2S/c1-22(2)16(24)13-6-3-5-12(9-13)15-11-23-18(20-15)26-17(21-23)19-10-14-7-4-8-25-14/h3-9,11H,10H2,1-2H3,(H,19,21). The third kappa shape index (κ3) is 3.18. The van der Waals surface area contributed by atoms with Crippen LogP contribution in [0.15, 0.2) is 53.3 Å². The molecule has 0 aliphatic heterocycles. The summed E-state index contributed by atoms with van der Waals surface area (Å²) >= 11 is 1.46. The van der Waals surface area contributed by atoms with Crippen molar-refractivity contribution in [1.82, 2.24) is 19.5 Å². The van der Waals surface area contributed by atoms with Crippen molar-refractivity contribution in [1.29, 1.82) is 0 Å². The summed E-state index contributed by atoms with van der Waals surface area (Å²) in [6.45, 7) is 0.575. The third-order valence-electron chi connectivity index (χ3n) is 3.85. The van der Waals surface area contributed by atoms with E-state index in [1.54, 1.807) is 35.8 Å². The average molecular weight is 367 g/mol. The van der Waals surface area contributed by atoms with Gasteiger partial charge in [-0.1, -0.05) is 23.5 Å². The van der Waals surface area contributed by atoms with Crippen molar-refractivity contribution in [2.75, 3.05) is 19.4 Å². The maximum Gasteiger partial charge on any atom is 0.253 e. The van der Waals surface area contributed by atoms with Crippen molar-refractivity contribution in [3.8, 4) is 11.3 Å². The third-order valence-corrected chi connectivity index (χ3v) is 4.73. The predicted octanol–water partition coefficient (Wildman–Crippen LogP) is 3.36. The summed E-state index contributed by atoms with van der Waals surface area (Å²) in [5, 5.41) is 8.48. The molecule has 4 aromatic rings. The SMILES string of the molecule is CN(C)C(=O)c1cccc(-c2cn3nc(NCc4ccco4)sc3n2)c1. The number of aromatic nitrogens is 3. The van der Waals surface area contributed by atoms with Crippen molar-refractivity contribution in [3.05, 3.63) is 60.2 Å². The van der Waals surface area contributed by atoms with Crippen molar-refractivity contribution in [2.24, 2.45) is 0 Å². The number of benzene rings is 1. The summed E-state index contributed by atoms with van der Waals surface area (Å²) in [6.07, 6.45) is 3.51. The Labute approximate surface area is 153 Å². The van der Waals surface area contributed by atoms with Gasteiger partial charge in [0.25, 0.3) is 5.91 Å². The Hall–Kier alpha value is -3.13. The number of furan rings is 1. The van der Waals surface area contributed by atoms with Crippen LogP contribution in [-0.4, -0.2) is 39.5 Å². The first-order valence-corrected chi connectivity index (χ1v) is 8.86. The Morgan fingerprint density at radius 2 is 2.19 bits per heavy atom. The zero-order valence-corrected chi connectivity index (χ0v) is 15.2. The number of fused-ring (bicyclic) bond motifs is 1. The van der Waals surface area contributed by atoms with Crippen molar-refractivity contribution in [3.63, 3.8) is 0 Å². The molecule has 0 atom stereocenters. The number of rotatable bonds is 5. The van der Waals surface area contributed by atoms with Crippen molar-refractivity contribution >= 4 is 27.3 Å². The molecule has 0 aliphatic carbocycles. The Balaban J connectivity index is 1.55. The lowest BCUT2D eigenvalue weighted by Gasteiger charge is -2.10. The van der Waals surface area contributed by atoms with Crippen LogP contribution < -0.4 is 5.32 Å². The van der Waals surface area contributed by atoms with Gasteiger partial charge >= 0.3 is 0 Å². The smallest absolute Gasteiger partial charge is 0.253 e. The van der Waals surface area contributed by atoms with E-state index in [-0.39, 0.29) is 5.91 Å². The van der Waals surface area contributed by atoms with E-state index in [1.165, 1.54) is 11.3 Å². The summed E-state index contributed by atoms with van der Waals surface area (Å²) in [4.78, 5) is 19.1. The number of imidazole rings is 1. The Kier molecular flexibility index (Phi) is 4.18. The molecule has 1 N–H and O–H groups in total. The quantitative estimate of drug-likeness (QED) is 0.585. The monoisotopic (exact) mass is 367 g/mol. The number of amides is 1. The number of carbonyl (C=O) groups is 1. The maximum atomic E-state index is 12.1. The molecule has 3 heterocycles. The molecule has 0 saturated carbocycles. The van der Waals surface area contributed by atoms with Gasteiger partial charge in [-0.15, -0.1) is 5.10 Å². The molecule has 0 saturated heterocycles. The van der Waals surface area contributed by atoms with Crippen LogP contribution in [0.4, 0.5) is 5.13 Å². The van der Waals surface area contributed by atoms with Crippen LogP contribution in [0.2, 0.25) is 0 Å². The molecular formula is C18H17N5O2S. The highest BCUT2D eigenvalue weighted by Gasteiger charge is 2.13. The number of nitrogens with zero attached hydrogens (tertiary/aromatic N) is 4. The van der Waals surface area contributed by atoms with Crippen LogP contribution in [0.1, 0.15) is 16.1 Å². The van der Waals surface area contributed by atoms with Gasteiger partial charge in [-0.2, -0.15) is 0 Å². The number of anilines is 1. The van der Waals surface area contributed by atoms with Gasteiger partial charge in [0.15, 0.2) is 0 Å². The van der Waals surface area contributed by atoms with Crippen LogP contribution in [0, 0.1) is 0 Å². The highest BCUT2D eigenvalue weighted by molar-refractivity contribution is 7.20. The Bertz CT molecular complexity index is 1020. The maximum absolute atomic E-state index is 12.1. The highest BCUT2D eigenvalue weighted by atomic mass is 32.1. The second-order valence-corrected chi connectivity index (χ2v) is 6.93. The van der Waals surface area contributed by atoms with E-state index in [4.69, 9.17) is 4.42 Å². The minimum absolute atomic E-state index is 0.0320. The van der Waals surface area contributed by atoms with E-state index in [0.29, 0.717) is 12.1 Å². The van der Waals surface area contributed by atoms with E-state index in [9.17, 15) is 4.79 Å². The first-order chi connectivity index (χ1) is 12.6.